The molecule has 0 bridgehead atoms. The fourth-order valence-corrected chi connectivity index (χ4v) is 3.12. The van der Waals surface area contributed by atoms with E-state index in [0.29, 0.717) is 11.4 Å². The van der Waals surface area contributed by atoms with Crippen LogP contribution in [-0.4, -0.2) is 37.8 Å². The van der Waals surface area contributed by atoms with Gasteiger partial charge in [0.15, 0.2) is 0 Å². The number of likely N-dealkylation sites (N-methyl/N-ethyl adjacent to an activating group) is 1. The van der Waals surface area contributed by atoms with E-state index in [2.05, 4.69) is 18.8 Å². The van der Waals surface area contributed by atoms with Crippen LogP contribution < -0.4 is 15.3 Å². The molecule has 0 unspecified atom stereocenters. The van der Waals surface area contributed by atoms with E-state index in [1.165, 1.54) is 12.1 Å². The van der Waals surface area contributed by atoms with E-state index >= 15 is 0 Å². The predicted molar refractivity (Wildman–Crippen MR) is 96.7 cm³/mol. The second-order valence-corrected chi connectivity index (χ2v) is 7.31. The summed E-state index contributed by atoms with van der Waals surface area (Å²) in [6.07, 6.45) is 0. The van der Waals surface area contributed by atoms with Crippen LogP contribution in [0.2, 0.25) is 0 Å². The molecule has 130 valence electrons. The van der Waals surface area contributed by atoms with Crippen molar-refractivity contribution < 1.29 is 13.5 Å². The standard InChI is InChI=1S/C16H19B2F2N3O2/c1-15(2)16(17,18)23-13(22(15)3)7-12(21-14(23)24)25-8-9-4-10(19)6-11(20)5-9/h4-7H,8,17-18H2,1-3H3. The molecule has 2 aromatic rings. The van der Waals surface area contributed by atoms with Crippen molar-refractivity contribution in [2.75, 3.05) is 11.9 Å². The largest absolute Gasteiger partial charge is 0.473 e. The van der Waals surface area contributed by atoms with E-state index in [-0.39, 0.29) is 18.0 Å². The van der Waals surface area contributed by atoms with Crippen molar-refractivity contribution in [2.24, 2.45) is 0 Å². The summed E-state index contributed by atoms with van der Waals surface area (Å²) in [5.41, 5.74) is -0.389. The van der Waals surface area contributed by atoms with E-state index in [9.17, 15) is 13.6 Å². The van der Waals surface area contributed by atoms with E-state index in [1.54, 1.807) is 10.6 Å². The Hall–Kier alpha value is -2.31. The Labute approximate surface area is 146 Å². The highest BCUT2D eigenvalue weighted by Gasteiger charge is 2.49. The smallest absolute Gasteiger partial charge is 0.351 e. The predicted octanol–water partition coefficient (Wildman–Crippen LogP) is 0.205. The molecular weight excluding hydrogens is 326 g/mol. The van der Waals surface area contributed by atoms with Gasteiger partial charge < -0.3 is 9.64 Å². The van der Waals surface area contributed by atoms with Crippen LogP contribution in [0.25, 0.3) is 0 Å². The highest BCUT2D eigenvalue weighted by molar-refractivity contribution is 6.39. The molecule has 0 radical (unpaired) electrons. The van der Waals surface area contributed by atoms with Gasteiger partial charge in [-0.1, -0.05) is 0 Å². The summed E-state index contributed by atoms with van der Waals surface area (Å²) in [5.74, 6) is -0.538. The lowest BCUT2D eigenvalue weighted by Crippen LogP contribution is -2.57. The van der Waals surface area contributed by atoms with Crippen LogP contribution in [0.5, 0.6) is 5.88 Å². The Bertz CT molecular complexity index is 879. The van der Waals surface area contributed by atoms with Gasteiger partial charge >= 0.3 is 5.69 Å². The van der Waals surface area contributed by atoms with Gasteiger partial charge in [-0.2, -0.15) is 4.98 Å². The van der Waals surface area contributed by atoms with Gasteiger partial charge in [0.25, 0.3) is 0 Å². The molecule has 0 N–H and O–H groups in total. The first-order valence-electron chi connectivity index (χ1n) is 8.00. The second kappa shape index (κ2) is 5.61. The molecule has 0 aliphatic carbocycles. The SMILES string of the molecule is BC1(B)n2c(cc(OCc3cc(F)cc(F)c3)nc2=O)N(C)C1(C)C. The van der Waals surface area contributed by atoms with Crippen molar-refractivity contribution in [3.63, 3.8) is 0 Å². The highest BCUT2D eigenvalue weighted by Crippen LogP contribution is 2.41. The van der Waals surface area contributed by atoms with Gasteiger partial charge in [-0.05, 0) is 31.5 Å². The third kappa shape index (κ3) is 2.71. The van der Waals surface area contributed by atoms with Gasteiger partial charge in [-0.3, -0.25) is 4.57 Å². The van der Waals surface area contributed by atoms with E-state index < -0.39 is 22.7 Å². The van der Waals surface area contributed by atoms with Crippen LogP contribution in [0.3, 0.4) is 0 Å². The van der Waals surface area contributed by atoms with E-state index in [4.69, 9.17) is 4.74 Å². The fraction of sp³-hybridized carbons (Fsp3) is 0.375. The monoisotopic (exact) mass is 345 g/mol. The number of halogens is 2. The Morgan fingerprint density at radius 3 is 2.36 bits per heavy atom. The Morgan fingerprint density at radius 2 is 1.76 bits per heavy atom. The van der Waals surface area contributed by atoms with Crippen LogP contribution in [-0.2, 0) is 11.9 Å². The maximum atomic E-state index is 13.2. The van der Waals surface area contributed by atoms with Gasteiger partial charge in [0.1, 0.15) is 39.8 Å². The summed E-state index contributed by atoms with van der Waals surface area (Å²) in [6, 6.07) is 4.83. The van der Waals surface area contributed by atoms with Crippen molar-refractivity contribution in [3.8, 4) is 5.88 Å². The van der Waals surface area contributed by atoms with Gasteiger partial charge in [-0.15, -0.1) is 0 Å². The molecular formula is C16H19B2F2N3O2. The third-order valence-electron chi connectivity index (χ3n) is 5.43. The lowest BCUT2D eigenvalue weighted by molar-refractivity contribution is 0.289. The number of fused-ring (bicyclic) bond motifs is 1. The number of aromatic nitrogens is 2. The van der Waals surface area contributed by atoms with Crippen molar-refractivity contribution >= 4 is 21.5 Å². The molecule has 0 fully saturated rings. The average molecular weight is 345 g/mol. The molecule has 5 nitrogen and oxygen atoms in total. The zero-order chi connectivity index (χ0) is 18.6. The molecule has 1 aromatic carbocycles. The number of benzene rings is 1. The summed E-state index contributed by atoms with van der Waals surface area (Å²) in [7, 11) is 5.88. The number of nitrogens with zero attached hydrogens (tertiary/aromatic N) is 3. The topological polar surface area (TPSA) is 47.4 Å². The second-order valence-electron chi connectivity index (χ2n) is 7.31. The molecule has 0 saturated heterocycles. The first-order valence-corrected chi connectivity index (χ1v) is 8.00. The number of ether oxygens (including phenoxy) is 1. The van der Waals surface area contributed by atoms with Crippen molar-refractivity contribution in [1.82, 2.24) is 9.55 Å². The highest BCUT2D eigenvalue weighted by atomic mass is 19.1. The van der Waals surface area contributed by atoms with Crippen LogP contribution >= 0.6 is 0 Å². The average Bonchev–Trinajstić information content (AvgIpc) is 2.62. The fourth-order valence-electron chi connectivity index (χ4n) is 3.12. The molecule has 1 aliphatic rings. The number of hydrogen-bond donors (Lipinski definition) is 0. The molecule has 1 aliphatic heterocycles. The first-order chi connectivity index (χ1) is 11.5. The molecule has 0 atom stereocenters. The molecule has 3 rings (SSSR count). The molecule has 1 aromatic heterocycles. The zero-order valence-corrected chi connectivity index (χ0v) is 14.9. The summed E-state index contributed by atoms with van der Waals surface area (Å²) in [6.45, 7) is 4.02. The number of anilines is 1. The number of rotatable bonds is 3. The molecule has 25 heavy (non-hydrogen) atoms. The van der Waals surface area contributed by atoms with Gasteiger partial charge in [0, 0.05) is 30.1 Å². The Balaban J connectivity index is 1.93. The van der Waals surface area contributed by atoms with Crippen molar-refractivity contribution in [2.45, 2.75) is 31.3 Å². The van der Waals surface area contributed by atoms with Crippen molar-refractivity contribution in [3.05, 3.63) is 51.9 Å². The maximum Gasteiger partial charge on any atom is 0.351 e. The molecule has 0 spiro atoms. The molecule has 2 heterocycles. The molecule has 9 heteroatoms. The minimum Gasteiger partial charge on any atom is -0.473 e. The first kappa shape index (κ1) is 17.5. The summed E-state index contributed by atoms with van der Waals surface area (Å²) in [5, 5.41) is -0.453. The van der Waals surface area contributed by atoms with Gasteiger partial charge in [-0.25, -0.2) is 13.6 Å². The van der Waals surface area contributed by atoms with Gasteiger partial charge in [0.05, 0.1) is 0 Å². The third-order valence-corrected chi connectivity index (χ3v) is 5.43. The summed E-state index contributed by atoms with van der Waals surface area (Å²) in [4.78, 5) is 18.5. The zero-order valence-electron chi connectivity index (χ0n) is 14.9. The summed E-state index contributed by atoms with van der Waals surface area (Å²) < 4.78 is 33.6. The van der Waals surface area contributed by atoms with E-state index in [1.807, 2.05) is 27.6 Å². The van der Waals surface area contributed by atoms with E-state index in [0.717, 1.165) is 6.07 Å². The quantitative estimate of drug-likeness (QED) is 0.747. The van der Waals surface area contributed by atoms with Crippen LogP contribution in [0.4, 0.5) is 14.6 Å². The molecule has 0 saturated carbocycles. The number of hydrogen-bond acceptors (Lipinski definition) is 4. The lowest BCUT2D eigenvalue weighted by atomic mass is 9.53. The molecule has 0 amide bonds. The van der Waals surface area contributed by atoms with Crippen LogP contribution in [0.1, 0.15) is 19.4 Å². The van der Waals surface area contributed by atoms with Crippen LogP contribution in [0, 0.1) is 11.6 Å². The van der Waals surface area contributed by atoms with Gasteiger partial charge in [0.2, 0.25) is 5.88 Å². The van der Waals surface area contributed by atoms with Crippen LogP contribution in [0.15, 0.2) is 29.1 Å². The Morgan fingerprint density at radius 1 is 1.16 bits per heavy atom. The van der Waals surface area contributed by atoms with Crippen molar-refractivity contribution in [1.29, 1.82) is 0 Å². The lowest BCUT2D eigenvalue weighted by Gasteiger charge is -2.39. The normalized spacial score (nSPS) is 17.4. The minimum atomic E-state index is -0.677. The Kier molecular flexibility index (Phi) is 3.93. The summed E-state index contributed by atoms with van der Waals surface area (Å²) >= 11 is 0. The maximum absolute atomic E-state index is 13.2. The minimum absolute atomic E-state index is 0.0823.